The van der Waals surface area contributed by atoms with Crippen molar-refractivity contribution >= 4 is 0 Å². The van der Waals surface area contributed by atoms with Crippen LogP contribution in [0.25, 0.3) is 0 Å². The minimum Gasteiger partial charge on any atom is -0.390 e. The summed E-state index contributed by atoms with van der Waals surface area (Å²) in [6.45, 7) is 1.56. The highest BCUT2D eigenvalue weighted by atomic mass is 16.3. The van der Waals surface area contributed by atoms with Gasteiger partial charge in [-0.3, -0.25) is 4.90 Å². The number of hydrogen-bond donors (Lipinski definition) is 2. The van der Waals surface area contributed by atoms with Gasteiger partial charge in [-0.25, -0.2) is 0 Å². The van der Waals surface area contributed by atoms with Gasteiger partial charge in [0.1, 0.15) is 0 Å². The molecule has 3 rings (SSSR count). The van der Waals surface area contributed by atoms with Crippen LogP contribution in [0.5, 0.6) is 0 Å². The first-order valence-electron chi connectivity index (χ1n) is 8.42. The molecule has 2 N–H and O–H groups in total. The minimum absolute atomic E-state index is 0.000776. The Labute approximate surface area is 138 Å². The molecule has 3 nitrogen and oxygen atoms in total. The third kappa shape index (κ3) is 4.20. The molecule has 3 heteroatoms. The molecule has 122 valence electrons. The van der Waals surface area contributed by atoms with Crippen molar-refractivity contribution in [3.05, 3.63) is 71.8 Å². The Morgan fingerprint density at radius 1 is 0.783 bits per heavy atom. The van der Waals surface area contributed by atoms with Crippen LogP contribution in [0.2, 0.25) is 0 Å². The second-order valence-corrected chi connectivity index (χ2v) is 6.43. The molecule has 0 spiro atoms. The van der Waals surface area contributed by atoms with Crippen molar-refractivity contribution in [2.75, 3.05) is 0 Å². The molecule has 1 saturated carbocycles. The quantitative estimate of drug-likeness (QED) is 0.892. The summed E-state index contributed by atoms with van der Waals surface area (Å²) in [5.74, 6) is 0. The Hall–Kier alpha value is -1.68. The van der Waals surface area contributed by atoms with Gasteiger partial charge in [-0.1, -0.05) is 60.7 Å². The fourth-order valence-electron chi connectivity index (χ4n) is 3.46. The molecule has 1 aliphatic carbocycles. The first-order valence-corrected chi connectivity index (χ1v) is 8.42. The van der Waals surface area contributed by atoms with E-state index < -0.39 is 12.2 Å². The maximum atomic E-state index is 10.5. The van der Waals surface area contributed by atoms with Crippen LogP contribution in [0.1, 0.15) is 30.4 Å². The molecule has 0 amide bonds. The zero-order valence-electron chi connectivity index (χ0n) is 13.4. The summed E-state index contributed by atoms with van der Waals surface area (Å²) in [6.07, 6.45) is 1.31. The SMILES string of the molecule is O[C@H]1[C@H](N(Cc2ccccc2)Cc2ccccc2)CCC[C@@H]1O. The predicted molar refractivity (Wildman–Crippen MR) is 91.8 cm³/mol. The van der Waals surface area contributed by atoms with Crippen LogP contribution in [-0.2, 0) is 13.1 Å². The predicted octanol–water partition coefficient (Wildman–Crippen LogP) is 2.96. The van der Waals surface area contributed by atoms with Crippen molar-refractivity contribution in [3.63, 3.8) is 0 Å². The van der Waals surface area contributed by atoms with Gasteiger partial charge in [0.25, 0.3) is 0 Å². The third-order valence-corrected chi connectivity index (χ3v) is 4.71. The lowest BCUT2D eigenvalue weighted by Crippen LogP contribution is -2.50. The molecule has 0 unspecified atom stereocenters. The summed E-state index contributed by atoms with van der Waals surface area (Å²) in [4.78, 5) is 2.30. The molecule has 0 heterocycles. The second-order valence-electron chi connectivity index (χ2n) is 6.43. The smallest absolute Gasteiger partial charge is 0.0953 e. The topological polar surface area (TPSA) is 43.7 Å². The van der Waals surface area contributed by atoms with Gasteiger partial charge >= 0.3 is 0 Å². The lowest BCUT2D eigenvalue weighted by molar-refractivity contribution is -0.0689. The van der Waals surface area contributed by atoms with E-state index in [2.05, 4.69) is 29.2 Å². The van der Waals surface area contributed by atoms with Gasteiger partial charge in [-0.05, 0) is 30.4 Å². The van der Waals surface area contributed by atoms with Crippen LogP contribution in [-0.4, -0.2) is 33.4 Å². The molecular weight excluding hydrogens is 286 g/mol. The van der Waals surface area contributed by atoms with Crippen LogP contribution in [0.3, 0.4) is 0 Å². The van der Waals surface area contributed by atoms with E-state index in [1.54, 1.807) is 0 Å². The zero-order chi connectivity index (χ0) is 16.1. The number of aliphatic hydroxyl groups excluding tert-OH is 2. The van der Waals surface area contributed by atoms with Crippen LogP contribution in [0.15, 0.2) is 60.7 Å². The highest BCUT2D eigenvalue weighted by molar-refractivity contribution is 5.17. The lowest BCUT2D eigenvalue weighted by Gasteiger charge is -2.40. The Morgan fingerprint density at radius 2 is 1.30 bits per heavy atom. The first-order chi connectivity index (χ1) is 11.2. The standard InChI is InChI=1S/C20H25NO2/c22-19-13-7-12-18(20(19)23)21(14-16-8-3-1-4-9-16)15-17-10-5-2-6-11-17/h1-6,8-11,18-20,22-23H,7,12-15H2/t18-,19+,20+/m1/s1. The van der Waals surface area contributed by atoms with E-state index >= 15 is 0 Å². The van der Waals surface area contributed by atoms with Gasteiger partial charge in [-0.15, -0.1) is 0 Å². The number of rotatable bonds is 5. The molecule has 1 fully saturated rings. The Bertz CT molecular complexity index is 546. The van der Waals surface area contributed by atoms with E-state index in [9.17, 15) is 10.2 Å². The van der Waals surface area contributed by atoms with Gasteiger partial charge in [-0.2, -0.15) is 0 Å². The monoisotopic (exact) mass is 311 g/mol. The summed E-state index contributed by atoms with van der Waals surface area (Å²) in [5, 5.41) is 20.5. The third-order valence-electron chi connectivity index (χ3n) is 4.71. The van der Waals surface area contributed by atoms with Crippen molar-refractivity contribution in [2.24, 2.45) is 0 Å². The Kier molecular flexibility index (Phi) is 5.44. The van der Waals surface area contributed by atoms with Gasteiger partial charge in [0.05, 0.1) is 12.2 Å². The fourth-order valence-corrected chi connectivity index (χ4v) is 3.46. The van der Waals surface area contributed by atoms with E-state index in [-0.39, 0.29) is 6.04 Å². The van der Waals surface area contributed by atoms with Gasteiger partial charge < -0.3 is 10.2 Å². The van der Waals surface area contributed by atoms with Crippen molar-refractivity contribution in [1.29, 1.82) is 0 Å². The van der Waals surface area contributed by atoms with Crippen molar-refractivity contribution in [2.45, 2.75) is 50.6 Å². The van der Waals surface area contributed by atoms with E-state index in [4.69, 9.17) is 0 Å². The molecule has 2 aromatic carbocycles. The number of nitrogens with zero attached hydrogens (tertiary/aromatic N) is 1. The number of benzene rings is 2. The summed E-state index contributed by atoms with van der Waals surface area (Å²) in [7, 11) is 0. The Balaban J connectivity index is 1.80. The lowest BCUT2D eigenvalue weighted by atomic mass is 9.88. The first kappa shape index (κ1) is 16.2. The van der Waals surface area contributed by atoms with Crippen molar-refractivity contribution < 1.29 is 10.2 Å². The molecule has 23 heavy (non-hydrogen) atoms. The van der Waals surface area contributed by atoms with Crippen LogP contribution < -0.4 is 0 Å². The fraction of sp³-hybridized carbons (Fsp3) is 0.400. The maximum absolute atomic E-state index is 10.5. The van der Waals surface area contributed by atoms with Crippen LogP contribution in [0, 0.1) is 0 Å². The average molecular weight is 311 g/mol. The zero-order valence-corrected chi connectivity index (χ0v) is 13.4. The molecule has 0 radical (unpaired) electrons. The molecular formula is C20H25NO2. The maximum Gasteiger partial charge on any atom is 0.0953 e. The number of aliphatic hydroxyl groups is 2. The van der Waals surface area contributed by atoms with Crippen LogP contribution >= 0.6 is 0 Å². The molecule has 2 aromatic rings. The van der Waals surface area contributed by atoms with Gasteiger partial charge in [0.2, 0.25) is 0 Å². The molecule has 0 saturated heterocycles. The Morgan fingerprint density at radius 3 is 1.83 bits per heavy atom. The normalized spacial score (nSPS) is 24.7. The average Bonchev–Trinajstić information content (AvgIpc) is 2.59. The largest absolute Gasteiger partial charge is 0.390 e. The van der Waals surface area contributed by atoms with Gasteiger partial charge in [0.15, 0.2) is 0 Å². The molecule has 1 aliphatic rings. The number of hydrogen-bond acceptors (Lipinski definition) is 3. The molecule has 0 aromatic heterocycles. The minimum atomic E-state index is -0.670. The highest BCUT2D eigenvalue weighted by Crippen LogP contribution is 2.26. The van der Waals surface area contributed by atoms with E-state index in [0.29, 0.717) is 6.42 Å². The summed E-state index contributed by atoms with van der Waals surface area (Å²) in [5.41, 5.74) is 2.46. The molecule has 0 aliphatic heterocycles. The molecule has 0 bridgehead atoms. The summed E-state index contributed by atoms with van der Waals surface area (Å²) in [6, 6.07) is 20.7. The van der Waals surface area contributed by atoms with E-state index in [1.165, 1.54) is 11.1 Å². The van der Waals surface area contributed by atoms with Gasteiger partial charge in [0, 0.05) is 19.1 Å². The summed E-state index contributed by atoms with van der Waals surface area (Å²) < 4.78 is 0. The van der Waals surface area contributed by atoms with E-state index in [1.807, 2.05) is 36.4 Å². The second kappa shape index (κ2) is 7.73. The highest BCUT2D eigenvalue weighted by Gasteiger charge is 2.34. The van der Waals surface area contributed by atoms with Crippen LogP contribution in [0.4, 0.5) is 0 Å². The summed E-state index contributed by atoms with van der Waals surface area (Å²) >= 11 is 0. The van der Waals surface area contributed by atoms with Crippen molar-refractivity contribution in [3.8, 4) is 0 Å². The molecule has 3 atom stereocenters. The van der Waals surface area contributed by atoms with E-state index in [0.717, 1.165) is 25.9 Å². The van der Waals surface area contributed by atoms with Crippen molar-refractivity contribution in [1.82, 2.24) is 4.90 Å².